The predicted molar refractivity (Wildman–Crippen MR) is 73.3 cm³/mol. The highest BCUT2D eigenvalue weighted by molar-refractivity contribution is 9.09. The van der Waals surface area contributed by atoms with Crippen molar-refractivity contribution in [2.75, 3.05) is 18.4 Å². The molecular formula is C13H26BrNO. The normalized spacial score (nSPS) is 24.6. The van der Waals surface area contributed by atoms with Crippen LogP contribution in [-0.4, -0.2) is 41.1 Å². The summed E-state index contributed by atoms with van der Waals surface area (Å²) in [7, 11) is 0. The first-order valence-corrected chi connectivity index (χ1v) is 7.54. The highest BCUT2D eigenvalue weighted by atomic mass is 79.9. The quantitative estimate of drug-likeness (QED) is 0.695. The summed E-state index contributed by atoms with van der Waals surface area (Å²) in [4.78, 5) is 2.54. The zero-order chi connectivity index (χ0) is 12.2. The van der Waals surface area contributed by atoms with Crippen molar-refractivity contribution in [1.29, 1.82) is 0 Å². The van der Waals surface area contributed by atoms with E-state index in [0.29, 0.717) is 12.1 Å². The van der Waals surface area contributed by atoms with Crippen LogP contribution >= 0.6 is 15.9 Å². The van der Waals surface area contributed by atoms with Crippen molar-refractivity contribution in [3.8, 4) is 0 Å². The van der Waals surface area contributed by atoms with Crippen LogP contribution in [0.4, 0.5) is 0 Å². The van der Waals surface area contributed by atoms with Crippen LogP contribution in [0.2, 0.25) is 0 Å². The van der Waals surface area contributed by atoms with Crippen molar-refractivity contribution in [2.24, 2.45) is 0 Å². The number of alkyl halides is 1. The predicted octanol–water partition coefficient (Wildman–Crippen LogP) is 3.44. The Morgan fingerprint density at radius 3 is 2.56 bits per heavy atom. The summed E-state index contributed by atoms with van der Waals surface area (Å²) in [5.74, 6) is 0. The van der Waals surface area contributed by atoms with Crippen molar-refractivity contribution >= 4 is 15.9 Å². The van der Waals surface area contributed by atoms with Crippen LogP contribution in [-0.2, 0) is 4.74 Å². The number of hydrogen-bond donors (Lipinski definition) is 0. The zero-order valence-corrected chi connectivity index (χ0v) is 12.7. The molecule has 1 fully saturated rings. The Balaban J connectivity index is 2.37. The number of ether oxygens (including phenoxy) is 1. The summed E-state index contributed by atoms with van der Waals surface area (Å²) in [5, 5.41) is 1.09. The highest BCUT2D eigenvalue weighted by Crippen LogP contribution is 2.29. The highest BCUT2D eigenvalue weighted by Gasteiger charge is 2.32. The first-order chi connectivity index (χ1) is 7.44. The van der Waals surface area contributed by atoms with Crippen LogP contribution in [0.3, 0.4) is 0 Å². The largest absolute Gasteiger partial charge is 0.371 e. The molecule has 0 spiro atoms. The maximum atomic E-state index is 6.06. The van der Waals surface area contributed by atoms with Crippen LogP contribution in [0.25, 0.3) is 0 Å². The molecule has 16 heavy (non-hydrogen) atoms. The first kappa shape index (κ1) is 14.5. The summed E-state index contributed by atoms with van der Waals surface area (Å²) >= 11 is 3.50. The van der Waals surface area contributed by atoms with E-state index in [4.69, 9.17) is 4.74 Å². The standard InChI is InChI=1S/C13H26BrNO/c1-11(2)15(9-5-8-14)10-12-6-7-13(3,4)16-12/h11-12H,5-10H2,1-4H3. The van der Waals surface area contributed by atoms with E-state index in [1.54, 1.807) is 0 Å². The third-order valence-electron chi connectivity index (χ3n) is 3.30. The van der Waals surface area contributed by atoms with Crippen LogP contribution in [0.15, 0.2) is 0 Å². The van der Waals surface area contributed by atoms with E-state index < -0.39 is 0 Å². The molecule has 1 aliphatic rings. The Kier molecular flexibility index (Phi) is 5.75. The Bertz CT molecular complexity index is 206. The zero-order valence-electron chi connectivity index (χ0n) is 11.1. The second-order valence-corrected chi connectivity index (χ2v) is 6.46. The minimum absolute atomic E-state index is 0.0999. The summed E-state index contributed by atoms with van der Waals surface area (Å²) in [6, 6.07) is 0.617. The lowest BCUT2D eigenvalue weighted by Crippen LogP contribution is -2.39. The van der Waals surface area contributed by atoms with Crippen LogP contribution in [0.5, 0.6) is 0 Å². The Labute approximate surface area is 109 Å². The van der Waals surface area contributed by atoms with Crippen molar-refractivity contribution in [3.63, 3.8) is 0 Å². The van der Waals surface area contributed by atoms with E-state index >= 15 is 0 Å². The van der Waals surface area contributed by atoms with Gasteiger partial charge in [-0.2, -0.15) is 0 Å². The van der Waals surface area contributed by atoms with Gasteiger partial charge in [-0.05, 0) is 53.5 Å². The van der Waals surface area contributed by atoms with E-state index in [-0.39, 0.29) is 5.60 Å². The van der Waals surface area contributed by atoms with Gasteiger partial charge in [-0.15, -0.1) is 0 Å². The van der Waals surface area contributed by atoms with Crippen LogP contribution in [0.1, 0.15) is 47.0 Å². The van der Waals surface area contributed by atoms with Gasteiger partial charge in [0.1, 0.15) is 0 Å². The van der Waals surface area contributed by atoms with E-state index in [0.717, 1.165) is 11.9 Å². The van der Waals surface area contributed by atoms with E-state index in [1.165, 1.54) is 25.8 Å². The lowest BCUT2D eigenvalue weighted by atomic mass is 10.1. The molecule has 0 aromatic heterocycles. The molecule has 1 heterocycles. The number of nitrogens with zero attached hydrogens (tertiary/aromatic N) is 1. The minimum Gasteiger partial charge on any atom is -0.371 e. The van der Waals surface area contributed by atoms with E-state index in [9.17, 15) is 0 Å². The Morgan fingerprint density at radius 1 is 1.44 bits per heavy atom. The summed E-state index contributed by atoms with van der Waals surface area (Å²) in [6.07, 6.45) is 4.06. The fourth-order valence-electron chi connectivity index (χ4n) is 2.29. The molecule has 0 aromatic carbocycles. The summed E-state index contributed by atoms with van der Waals surface area (Å²) in [5.41, 5.74) is 0.0999. The molecule has 1 saturated heterocycles. The number of hydrogen-bond acceptors (Lipinski definition) is 2. The average molecular weight is 292 g/mol. The molecule has 0 amide bonds. The van der Waals surface area contributed by atoms with Crippen molar-refractivity contribution in [1.82, 2.24) is 4.90 Å². The smallest absolute Gasteiger partial charge is 0.0710 e. The molecule has 0 N–H and O–H groups in total. The van der Waals surface area contributed by atoms with Gasteiger partial charge in [0.05, 0.1) is 11.7 Å². The number of rotatable bonds is 6. The lowest BCUT2D eigenvalue weighted by Gasteiger charge is -2.29. The molecule has 0 aromatic rings. The lowest BCUT2D eigenvalue weighted by molar-refractivity contribution is -0.0320. The van der Waals surface area contributed by atoms with Crippen molar-refractivity contribution in [3.05, 3.63) is 0 Å². The van der Waals surface area contributed by atoms with Gasteiger partial charge in [-0.3, -0.25) is 4.90 Å². The SMILES string of the molecule is CC(C)N(CCCBr)CC1CCC(C)(C)O1. The Morgan fingerprint density at radius 2 is 2.12 bits per heavy atom. The first-order valence-electron chi connectivity index (χ1n) is 6.42. The second-order valence-electron chi connectivity index (χ2n) is 5.67. The molecule has 3 heteroatoms. The van der Waals surface area contributed by atoms with Gasteiger partial charge >= 0.3 is 0 Å². The van der Waals surface area contributed by atoms with Crippen LogP contribution in [0, 0.1) is 0 Å². The molecule has 1 unspecified atom stereocenters. The third-order valence-corrected chi connectivity index (χ3v) is 3.86. The molecule has 1 atom stereocenters. The maximum absolute atomic E-state index is 6.06. The maximum Gasteiger partial charge on any atom is 0.0710 e. The molecular weight excluding hydrogens is 266 g/mol. The van der Waals surface area contributed by atoms with Crippen molar-refractivity contribution < 1.29 is 4.74 Å². The van der Waals surface area contributed by atoms with Gasteiger partial charge in [0.15, 0.2) is 0 Å². The molecule has 0 aliphatic carbocycles. The number of halogens is 1. The van der Waals surface area contributed by atoms with Gasteiger partial charge in [0.2, 0.25) is 0 Å². The molecule has 0 saturated carbocycles. The van der Waals surface area contributed by atoms with Crippen LogP contribution < -0.4 is 0 Å². The molecule has 1 rings (SSSR count). The Hall–Kier alpha value is 0.400. The van der Waals surface area contributed by atoms with Gasteiger partial charge < -0.3 is 4.74 Å². The van der Waals surface area contributed by atoms with Gasteiger partial charge in [0.25, 0.3) is 0 Å². The topological polar surface area (TPSA) is 12.5 Å². The molecule has 1 aliphatic heterocycles. The van der Waals surface area contributed by atoms with Gasteiger partial charge in [-0.1, -0.05) is 15.9 Å². The monoisotopic (exact) mass is 291 g/mol. The molecule has 2 nitrogen and oxygen atoms in total. The third kappa shape index (κ3) is 4.72. The molecule has 0 bridgehead atoms. The fraction of sp³-hybridized carbons (Fsp3) is 1.00. The van der Waals surface area contributed by atoms with Gasteiger partial charge in [-0.25, -0.2) is 0 Å². The van der Waals surface area contributed by atoms with Gasteiger partial charge in [0, 0.05) is 17.9 Å². The average Bonchev–Trinajstić information content (AvgIpc) is 2.52. The van der Waals surface area contributed by atoms with E-state index in [2.05, 4.69) is 48.5 Å². The van der Waals surface area contributed by atoms with Crippen molar-refractivity contribution in [2.45, 2.75) is 64.7 Å². The minimum atomic E-state index is 0.0999. The summed E-state index contributed by atoms with van der Waals surface area (Å²) < 4.78 is 6.06. The fourth-order valence-corrected chi connectivity index (χ4v) is 2.54. The van der Waals surface area contributed by atoms with E-state index in [1.807, 2.05) is 0 Å². The summed E-state index contributed by atoms with van der Waals surface area (Å²) in [6.45, 7) is 11.2. The molecule has 96 valence electrons. The second kappa shape index (κ2) is 6.36. The molecule has 0 radical (unpaired) electrons.